The molecule has 0 rings (SSSR count). The van der Waals surface area contributed by atoms with Crippen LogP contribution in [0.1, 0.15) is 90.9 Å². The third kappa shape index (κ3) is 18.7. The highest BCUT2D eigenvalue weighted by molar-refractivity contribution is 8.02. The van der Waals surface area contributed by atoms with Crippen molar-refractivity contribution < 1.29 is 0 Å². The zero-order chi connectivity index (χ0) is 14.7. The Balaban J connectivity index is 2.89. The minimum Gasteiger partial charge on any atom is -0.161 e. The van der Waals surface area contributed by atoms with Crippen molar-refractivity contribution in [2.75, 3.05) is 23.0 Å². The van der Waals surface area contributed by atoms with Gasteiger partial charge in [0.15, 0.2) is 0 Å². The van der Waals surface area contributed by atoms with Gasteiger partial charge in [0.2, 0.25) is 0 Å². The van der Waals surface area contributed by atoms with Crippen LogP contribution in [-0.2, 0) is 0 Å². The van der Waals surface area contributed by atoms with Crippen molar-refractivity contribution in [2.24, 2.45) is 0 Å². The molecular weight excluding hydrogens is 280 g/mol. The van der Waals surface area contributed by atoms with E-state index in [4.69, 9.17) is 0 Å². The standard InChI is InChI=1S/C18H38S2/c1-3-5-7-9-11-13-15-19-17-18-20-16-14-12-10-8-6-4-2/h3-18H2,1-2H3. The highest BCUT2D eigenvalue weighted by atomic mass is 32.2. The molecule has 0 N–H and O–H groups in total. The van der Waals surface area contributed by atoms with E-state index in [1.807, 2.05) is 0 Å². The molecule has 0 aliphatic heterocycles. The predicted molar refractivity (Wildman–Crippen MR) is 101 cm³/mol. The van der Waals surface area contributed by atoms with Crippen LogP contribution < -0.4 is 0 Å². The van der Waals surface area contributed by atoms with Crippen molar-refractivity contribution in [3.8, 4) is 0 Å². The molecule has 0 aromatic heterocycles. The SMILES string of the molecule is CCCCCCCCSCCSCCCCCCCC. The zero-order valence-corrected chi connectivity index (χ0v) is 15.8. The summed E-state index contributed by atoms with van der Waals surface area (Å²) in [5, 5.41) is 0. The van der Waals surface area contributed by atoms with Gasteiger partial charge in [0, 0.05) is 11.5 Å². The summed E-state index contributed by atoms with van der Waals surface area (Å²) in [7, 11) is 0. The Morgan fingerprint density at radius 2 is 0.750 bits per heavy atom. The second-order valence-corrected chi connectivity index (χ2v) is 8.21. The highest BCUT2D eigenvalue weighted by Gasteiger charge is 1.94. The molecule has 0 saturated carbocycles. The first-order chi connectivity index (χ1) is 9.91. The smallest absolute Gasteiger partial charge is 0.00235 e. The molecule has 0 unspecified atom stereocenters. The van der Waals surface area contributed by atoms with Crippen molar-refractivity contribution in [2.45, 2.75) is 90.9 Å². The number of thioether (sulfide) groups is 2. The van der Waals surface area contributed by atoms with Crippen LogP contribution in [0.25, 0.3) is 0 Å². The number of unbranched alkanes of at least 4 members (excludes halogenated alkanes) is 10. The van der Waals surface area contributed by atoms with Gasteiger partial charge in [-0.1, -0.05) is 78.1 Å². The summed E-state index contributed by atoms with van der Waals surface area (Å²) in [5.74, 6) is 5.53. The Morgan fingerprint density at radius 1 is 0.400 bits per heavy atom. The topological polar surface area (TPSA) is 0 Å². The van der Waals surface area contributed by atoms with E-state index < -0.39 is 0 Å². The molecule has 0 saturated heterocycles. The lowest BCUT2D eigenvalue weighted by molar-refractivity contribution is 0.627. The maximum Gasteiger partial charge on any atom is 0.00235 e. The average Bonchev–Trinajstić information content (AvgIpc) is 2.47. The molecule has 0 heterocycles. The number of rotatable bonds is 17. The van der Waals surface area contributed by atoms with E-state index in [-0.39, 0.29) is 0 Å². The summed E-state index contributed by atoms with van der Waals surface area (Å²) >= 11 is 4.34. The van der Waals surface area contributed by atoms with Crippen molar-refractivity contribution >= 4 is 23.5 Å². The molecule has 0 atom stereocenters. The van der Waals surface area contributed by atoms with E-state index in [1.54, 1.807) is 0 Å². The molecule has 0 aromatic carbocycles. The molecule has 0 fully saturated rings. The zero-order valence-electron chi connectivity index (χ0n) is 14.1. The van der Waals surface area contributed by atoms with Crippen LogP contribution in [0.15, 0.2) is 0 Å². The van der Waals surface area contributed by atoms with Crippen LogP contribution in [0.3, 0.4) is 0 Å². The minimum atomic E-state index is 1.37. The van der Waals surface area contributed by atoms with E-state index >= 15 is 0 Å². The summed E-state index contributed by atoms with van der Waals surface area (Å²) in [4.78, 5) is 0. The van der Waals surface area contributed by atoms with Crippen molar-refractivity contribution in [3.05, 3.63) is 0 Å². The van der Waals surface area contributed by atoms with Gasteiger partial charge in [0.1, 0.15) is 0 Å². The van der Waals surface area contributed by atoms with Crippen LogP contribution in [0, 0.1) is 0 Å². The van der Waals surface area contributed by atoms with Crippen molar-refractivity contribution in [1.29, 1.82) is 0 Å². The first-order valence-electron chi connectivity index (χ1n) is 9.07. The fourth-order valence-electron chi connectivity index (χ4n) is 2.29. The maximum atomic E-state index is 2.29. The predicted octanol–water partition coefficient (Wildman–Crippen LogP) is 7.17. The maximum absolute atomic E-state index is 2.29. The summed E-state index contributed by atoms with van der Waals surface area (Å²) in [6, 6.07) is 0. The van der Waals surface area contributed by atoms with Gasteiger partial charge in [0.05, 0.1) is 0 Å². The molecule has 0 nitrogen and oxygen atoms in total. The van der Waals surface area contributed by atoms with E-state index in [0.29, 0.717) is 0 Å². The Labute approximate surface area is 137 Å². The van der Waals surface area contributed by atoms with Gasteiger partial charge >= 0.3 is 0 Å². The van der Waals surface area contributed by atoms with E-state index in [0.717, 1.165) is 0 Å². The highest BCUT2D eigenvalue weighted by Crippen LogP contribution is 2.13. The third-order valence-electron chi connectivity index (χ3n) is 3.66. The van der Waals surface area contributed by atoms with Gasteiger partial charge in [-0.05, 0) is 24.3 Å². The lowest BCUT2D eigenvalue weighted by Crippen LogP contribution is -1.90. The molecule has 2 heteroatoms. The van der Waals surface area contributed by atoms with Gasteiger partial charge in [-0.15, -0.1) is 0 Å². The van der Waals surface area contributed by atoms with Gasteiger partial charge in [0.25, 0.3) is 0 Å². The van der Waals surface area contributed by atoms with E-state index in [9.17, 15) is 0 Å². The number of hydrogen-bond donors (Lipinski definition) is 0. The molecule has 0 bridgehead atoms. The lowest BCUT2D eigenvalue weighted by Gasteiger charge is -2.03. The van der Waals surface area contributed by atoms with Crippen LogP contribution in [0.4, 0.5) is 0 Å². The average molecular weight is 319 g/mol. The first-order valence-corrected chi connectivity index (χ1v) is 11.4. The summed E-state index contributed by atoms with van der Waals surface area (Å²) in [6.45, 7) is 4.58. The van der Waals surface area contributed by atoms with Gasteiger partial charge < -0.3 is 0 Å². The minimum absolute atomic E-state index is 1.37. The quantitative estimate of drug-likeness (QED) is 0.261. The molecule has 0 aliphatic rings. The van der Waals surface area contributed by atoms with Crippen LogP contribution >= 0.6 is 23.5 Å². The summed E-state index contributed by atoms with van der Waals surface area (Å²) in [6.07, 6.45) is 17.2. The van der Waals surface area contributed by atoms with Gasteiger partial charge in [-0.2, -0.15) is 23.5 Å². The third-order valence-corrected chi connectivity index (χ3v) is 6.06. The molecule has 0 radical (unpaired) electrons. The second kappa shape index (κ2) is 19.7. The molecule has 0 spiro atoms. The van der Waals surface area contributed by atoms with Crippen LogP contribution in [-0.4, -0.2) is 23.0 Å². The Bertz CT molecular complexity index is 141. The van der Waals surface area contributed by atoms with Crippen LogP contribution in [0.5, 0.6) is 0 Å². The van der Waals surface area contributed by atoms with Gasteiger partial charge in [-0.25, -0.2) is 0 Å². The molecule has 20 heavy (non-hydrogen) atoms. The Morgan fingerprint density at radius 3 is 1.15 bits per heavy atom. The normalized spacial score (nSPS) is 11.1. The largest absolute Gasteiger partial charge is 0.161 e. The lowest BCUT2D eigenvalue weighted by atomic mass is 10.1. The van der Waals surface area contributed by atoms with Crippen molar-refractivity contribution in [3.63, 3.8) is 0 Å². The fraction of sp³-hybridized carbons (Fsp3) is 1.00. The monoisotopic (exact) mass is 318 g/mol. The van der Waals surface area contributed by atoms with Gasteiger partial charge in [-0.3, -0.25) is 0 Å². The molecule has 122 valence electrons. The Hall–Kier alpha value is 0.700. The summed E-state index contributed by atoms with van der Waals surface area (Å²) in [5.41, 5.74) is 0. The molecule has 0 aliphatic carbocycles. The number of hydrogen-bond acceptors (Lipinski definition) is 2. The van der Waals surface area contributed by atoms with E-state index in [2.05, 4.69) is 37.4 Å². The fourth-order valence-corrected chi connectivity index (χ4v) is 4.46. The first kappa shape index (κ1) is 20.7. The molecule has 0 amide bonds. The van der Waals surface area contributed by atoms with E-state index in [1.165, 1.54) is 100 Å². The summed E-state index contributed by atoms with van der Waals surface area (Å²) < 4.78 is 0. The van der Waals surface area contributed by atoms with Crippen LogP contribution in [0.2, 0.25) is 0 Å². The molecular formula is C18H38S2. The second-order valence-electron chi connectivity index (χ2n) is 5.76. The molecule has 0 aromatic rings. The van der Waals surface area contributed by atoms with Crippen molar-refractivity contribution in [1.82, 2.24) is 0 Å². The Kier molecular flexibility index (Phi) is 20.4.